The highest BCUT2D eigenvalue weighted by Gasteiger charge is 2.15. The fourth-order valence-electron chi connectivity index (χ4n) is 1.58. The van der Waals surface area contributed by atoms with Crippen molar-refractivity contribution < 1.29 is 14.3 Å². The second-order valence-corrected chi connectivity index (χ2v) is 3.71. The minimum Gasteiger partial charge on any atom is -0.494 e. The number of methoxy groups -OCH3 is 2. The molecule has 0 aliphatic rings. The van der Waals surface area contributed by atoms with Gasteiger partial charge in [-0.15, -0.1) is 0 Å². The molecule has 0 radical (unpaired) electrons. The minimum atomic E-state index is -0.507. The van der Waals surface area contributed by atoms with Crippen LogP contribution in [0.1, 0.15) is 10.4 Å². The van der Waals surface area contributed by atoms with Crippen molar-refractivity contribution in [3.63, 3.8) is 0 Å². The summed E-state index contributed by atoms with van der Waals surface area (Å²) in [5.74, 6) is 0.105. The van der Waals surface area contributed by atoms with Gasteiger partial charge in [0.1, 0.15) is 11.3 Å². The normalized spacial score (nSPS) is 10.3. The molecule has 0 aliphatic heterocycles. The zero-order valence-corrected chi connectivity index (χ0v) is 10.1. The number of halogens is 1. The van der Waals surface area contributed by atoms with Gasteiger partial charge in [0.2, 0.25) is 0 Å². The smallest absolute Gasteiger partial charge is 0.340 e. The van der Waals surface area contributed by atoms with Gasteiger partial charge in [0, 0.05) is 11.6 Å². The molecule has 0 fully saturated rings. The average molecular weight is 252 g/mol. The summed E-state index contributed by atoms with van der Waals surface area (Å²) in [5.41, 5.74) is 0.863. The lowest BCUT2D eigenvalue weighted by Crippen LogP contribution is -2.03. The zero-order valence-electron chi connectivity index (χ0n) is 9.36. The number of benzene rings is 1. The van der Waals surface area contributed by atoms with Crippen molar-refractivity contribution in [2.75, 3.05) is 14.2 Å². The van der Waals surface area contributed by atoms with Crippen molar-refractivity contribution in [2.24, 2.45) is 0 Å². The number of carbonyl (C=O) groups excluding carboxylic acids is 1. The van der Waals surface area contributed by atoms with E-state index in [1.165, 1.54) is 13.3 Å². The Labute approximate surface area is 103 Å². The van der Waals surface area contributed by atoms with Crippen LogP contribution in [0, 0.1) is 0 Å². The van der Waals surface area contributed by atoms with Gasteiger partial charge in [-0.1, -0.05) is 23.7 Å². The van der Waals surface area contributed by atoms with Crippen molar-refractivity contribution in [1.29, 1.82) is 0 Å². The first kappa shape index (κ1) is 11.7. The highest BCUT2D eigenvalue weighted by molar-refractivity contribution is 6.38. The van der Waals surface area contributed by atoms with Crippen LogP contribution < -0.4 is 4.74 Å². The SMILES string of the molecule is COC(=O)c1cnc2c(OC)cccc2c1Cl. The van der Waals surface area contributed by atoms with E-state index in [0.717, 1.165) is 0 Å². The fraction of sp³-hybridized carbons (Fsp3) is 0.167. The van der Waals surface area contributed by atoms with Crippen LogP contribution in [-0.2, 0) is 4.74 Å². The molecule has 5 heteroatoms. The van der Waals surface area contributed by atoms with Crippen molar-refractivity contribution >= 4 is 28.5 Å². The van der Waals surface area contributed by atoms with Gasteiger partial charge in [0.15, 0.2) is 0 Å². The average Bonchev–Trinajstić information content (AvgIpc) is 2.38. The number of pyridine rings is 1. The molecule has 0 amide bonds. The summed E-state index contributed by atoms with van der Waals surface area (Å²) in [7, 11) is 2.85. The maximum Gasteiger partial charge on any atom is 0.340 e. The maximum atomic E-state index is 11.5. The van der Waals surface area contributed by atoms with E-state index in [2.05, 4.69) is 9.72 Å². The second-order valence-electron chi connectivity index (χ2n) is 3.33. The lowest BCUT2D eigenvalue weighted by molar-refractivity contribution is 0.0600. The first-order valence-electron chi connectivity index (χ1n) is 4.88. The predicted octanol–water partition coefficient (Wildman–Crippen LogP) is 2.68. The summed E-state index contributed by atoms with van der Waals surface area (Å²) in [4.78, 5) is 15.6. The molecule has 1 aromatic heterocycles. The summed E-state index contributed by atoms with van der Waals surface area (Å²) < 4.78 is 9.80. The van der Waals surface area contributed by atoms with Crippen molar-refractivity contribution in [3.8, 4) is 5.75 Å². The van der Waals surface area contributed by atoms with Crippen LogP contribution >= 0.6 is 11.6 Å². The number of aromatic nitrogens is 1. The van der Waals surface area contributed by atoms with Gasteiger partial charge < -0.3 is 9.47 Å². The number of fused-ring (bicyclic) bond motifs is 1. The Hall–Kier alpha value is -1.81. The standard InChI is InChI=1S/C12H10ClNO3/c1-16-9-5-3-4-7-10(13)8(12(15)17-2)6-14-11(7)9/h3-6H,1-2H3. The van der Waals surface area contributed by atoms with Crippen LogP contribution in [-0.4, -0.2) is 25.2 Å². The molecule has 1 aromatic carbocycles. The minimum absolute atomic E-state index is 0.245. The summed E-state index contributed by atoms with van der Waals surface area (Å²) in [5, 5.41) is 0.981. The Morgan fingerprint density at radius 3 is 2.76 bits per heavy atom. The van der Waals surface area contributed by atoms with E-state index in [9.17, 15) is 4.79 Å². The maximum absolute atomic E-state index is 11.5. The summed E-state index contributed by atoms with van der Waals surface area (Å²) in [6, 6.07) is 5.35. The van der Waals surface area contributed by atoms with Crippen molar-refractivity contribution in [1.82, 2.24) is 4.98 Å². The number of carbonyl (C=O) groups is 1. The molecule has 0 saturated carbocycles. The van der Waals surface area contributed by atoms with Crippen LogP contribution in [0.5, 0.6) is 5.75 Å². The third-order valence-corrected chi connectivity index (χ3v) is 2.83. The van der Waals surface area contributed by atoms with E-state index >= 15 is 0 Å². The number of hydrogen-bond acceptors (Lipinski definition) is 4. The van der Waals surface area contributed by atoms with E-state index in [1.54, 1.807) is 25.3 Å². The first-order chi connectivity index (χ1) is 8.19. The van der Waals surface area contributed by atoms with Crippen LogP contribution in [0.2, 0.25) is 5.02 Å². The molecule has 0 spiro atoms. The zero-order chi connectivity index (χ0) is 12.4. The highest BCUT2D eigenvalue weighted by atomic mass is 35.5. The Morgan fingerprint density at radius 2 is 2.12 bits per heavy atom. The second kappa shape index (κ2) is 4.59. The number of para-hydroxylation sites is 1. The van der Waals surface area contributed by atoms with Gasteiger partial charge in [-0.05, 0) is 6.07 Å². The summed E-state index contributed by atoms with van der Waals surface area (Å²) in [6.45, 7) is 0. The number of esters is 1. The molecule has 0 unspecified atom stereocenters. The van der Waals surface area contributed by atoms with Gasteiger partial charge in [0.05, 0.1) is 24.8 Å². The molecule has 0 bridgehead atoms. The van der Waals surface area contributed by atoms with Gasteiger partial charge in [-0.3, -0.25) is 4.98 Å². The van der Waals surface area contributed by atoms with Gasteiger partial charge in [-0.2, -0.15) is 0 Å². The molecule has 0 N–H and O–H groups in total. The Kier molecular flexibility index (Phi) is 3.15. The molecule has 17 heavy (non-hydrogen) atoms. The Balaban J connectivity index is 2.72. The summed E-state index contributed by atoms with van der Waals surface area (Å²) >= 11 is 6.15. The number of rotatable bonds is 2. The van der Waals surface area contributed by atoms with Crippen molar-refractivity contribution in [2.45, 2.75) is 0 Å². The van der Waals surface area contributed by atoms with Crippen LogP contribution in [0.4, 0.5) is 0 Å². The molecule has 2 rings (SSSR count). The molecular weight excluding hydrogens is 242 g/mol. The van der Waals surface area contributed by atoms with Gasteiger partial charge >= 0.3 is 5.97 Å². The quantitative estimate of drug-likeness (QED) is 0.770. The third kappa shape index (κ3) is 1.91. The molecule has 0 aliphatic carbocycles. The van der Waals surface area contributed by atoms with Crippen LogP contribution in [0.15, 0.2) is 24.4 Å². The van der Waals surface area contributed by atoms with E-state index in [0.29, 0.717) is 21.7 Å². The fourth-order valence-corrected chi connectivity index (χ4v) is 1.86. The topological polar surface area (TPSA) is 48.4 Å². The molecule has 0 saturated heterocycles. The number of nitrogens with zero attached hydrogens (tertiary/aromatic N) is 1. The monoisotopic (exact) mass is 251 g/mol. The van der Waals surface area contributed by atoms with Crippen LogP contribution in [0.3, 0.4) is 0 Å². The molecule has 1 heterocycles. The molecule has 2 aromatic rings. The first-order valence-corrected chi connectivity index (χ1v) is 5.26. The number of ether oxygens (including phenoxy) is 2. The number of hydrogen-bond donors (Lipinski definition) is 0. The Bertz CT molecular complexity index is 583. The highest BCUT2D eigenvalue weighted by Crippen LogP contribution is 2.31. The van der Waals surface area contributed by atoms with E-state index < -0.39 is 5.97 Å². The van der Waals surface area contributed by atoms with Gasteiger partial charge in [-0.25, -0.2) is 4.79 Å². The third-order valence-electron chi connectivity index (χ3n) is 2.42. The Morgan fingerprint density at radius 1 is 1.35 bits per heavy atom. The van der Waals surface area contributed by atoms with Crippen LogP contribution in [0.25, 0.3) is 10.9 Å². The molecule has 0 atom stereocenters. The lowest BCUT2D eigenvalue weighted by atomic mass is 10.1. The molecular formula is C12H10ClNO3. The van der Waals surface area contributed by atoms with Gasteiger partial charge in [0.25, 0.3) is 0 Å². The molecule has 88 valence electrons. The van der Waals surface area contributed by atoms with E-state index in [1.807, 2.05) is 0 Å². The molecule has 4 nitrogen and oxygen atoms in total. The van der Waals surface area contributed by atoms with E-state index in [4.69, 9.17) is 16.3 Å². The van der Waals surface area contributed by atoms with Crippen molar-refractivity contribution in [3.05, 3.63) is 35.0 Å². The predicted molar refractivity (Wildman–Crippen MR) is 64.6 cm³/mol. The lowest BCUT2D eigenvalue weighted by Gasteiger charge is -2.08. The largest absolute Gasteiger partial charge is 0.494 e. The van der Waals surface area contributed by atoms with E-state index in [-0.39, 0.29) is 5.56 Å². The summed E-state index contributed by atoms with van der Waals surface area (Å²) in [6.07, 6.45) is 1.39.